The number of hydrogen-bond donors (Lipinski definition) is 2. The molecule has 0 aromatic heterocycles. The number of aldehydes is 1. The van der Waals surface area contributed by atoms with Gasteiger partial charge in [0, 0.05) is 19.3 Å². The molecule has 2 rings (SSSR count). The molecule has 1 heterocycles. The standard InChI is InChI=1S/C15H24O7/c1-14(2)21-11-9-15(19,8-10(17)12(11)22-14)13(18)20-7-5-3-4-6-16/h6,10-12,17,19H,3-5,7-9H2,1-2H3/t10-,11-,12+,15-/m1/s1. The number of ether oxygens (including phenoxy) is 3. The predicted octanol–water partition coefficient (Wildman–Crippen LogP) is 0.305. The van der Waals surface area contributed by atoms with Crippen LogP contribution in [-0.2, 0) is 23.8 Å². The molecule has 2 fully saturated rings. The minimum absolute atomic E-state index is 0.0331. The van der Waals surface area contributed by atoms with E-state index in [4.69, 9.17) is 14.2 Å². The van der Waals surface area contributed by atoms with Gasteiger partial charge < -0.3 is 29.2 Å². The van der Waals surface area contributed by atoms with E-state index in [-0.39, 0.29) is 19.4 Å². The van der Waals surface area contributed by atoms with Crippen molar-refractivity contribution in [1.82, 2.24) is 0 Å². The van der Waals surface area contributed by atoms with E-state index in [0.717, 1.165) is 6.29 Å². The quantitative estimate of drug-likeness (QED) is 0.413. The van der Waals surface area contributed by atoms with Gasteiger partial charge in [0.15, 0.2) is 11.4 Å². The van der Waals surface area contributed by atoms with Gasteiger partial charge in [0.2, 0.25) is 0 Å². The fraction of sp³-hybridized carbons (Fsp3) is 0.867. The van der Waals surface area contributed by atoms with Crippen molar-refractivity contribution >= 4 is 12.3 Å². The highest BCUT2D eigenvalue weighted by atomic mass is 16.8. The third kappa shape index (κ3) is 3.84. The van der Waals surface area contributed by atoms with Crippen molar-refractivity contribution in [3.8, 4) is 0 Å². The van der Waals surface area contributed by atoms with Gasteiger partial charge in [-0.25, -0.2) is 4.79 Å². The summed E-state index contributed by atoms with van der Waals surface area (Å²) < 4.78 is 16.3. The molecule has 1 aliphatic heterocycles. The average Bonchev–Trinajstić information content (AvgIpc) is 2.73. The molecule has 126 valence electrons. The minimum atomic E-state index is -1.77. The lowest BCUT2D eigenvalue weighted by atomic mass is 9.80. The van der Waals surface area contributed by atoms with Crippen LogP contribution in [0.4, 0.5) is 0 Å². The molecule has 0 amide bonds. The Hall–Kier alpha value is -1.02. The van der Waals surface area contributed by atoms with E-state index < -0.39 is 35.7 Å². The van der Waals surface area contributed by atoms with E-state index >= 15 is 0 Å². The molecule has 0 spiro atoms. The maximum absolute atomic E-state index is 12.1. The number of aliphatic hydroxyl groups excluding tert-OH is 1. The molecule has 7 heteroatoms. The second kappa shape index (κ2) is 6.62. The first-order valence-corrected chi connectivity index (χ1v) is 7.64. The zero-order valence-corrected chi connectivity index (χ0v) is 13.0. The molecule has 1 saturated carbocycles. The Kier molecular flexibility index (Phi) is 5.21. The van der Waals surface area contributed by atoms with Gasteiger partial charge in [0.05, 0.1) is 18.8 Å². The van der Waals surface area contributed by atoms with Crippen LogP contribution < -0.4 is 0 Å². The zero-order valence-electron chi connectivity index (χ0n) is 13.0. The molecule has 0 aromatic carbocycles. The van der Waals surface area contributed by atoms with Gasteiger partial charge in [-0.1, -0.05) is 0 Å². The molecule has 1 saturated heterocycles. The molecule has 0 unspecified atom stereocenters. The number of rotatable bonds is 6. The number of aliphatic hydroxyl groups is 2. The second-order valence-electron chi connectivity index (χ2n) is 6.44. The summed E-state index contributed by atoms with van der Waals surface area (Å²) in [7, 11) is 0. The van der Waals surface area contributed by atoms with E-state index in [1.54, 1.807) is 13.8 Å². The van der Waals surface area contributed by atoms with E-state index in [1.165, 1.54) is 0 Å². The molecular formula is C15H24O7. The van der Waals surface area contributed by atoms with Crippen molar-refractivity contribution in [2.45, 2.75) is 75.7 Å². The molecule has 0 radical (unpaired) electrons. The van der Waals surface area contributed by atoms with Gasteiger partial charge in [-0.2, -0.15) is 0 Å². The first-order chi connectivity index (χ1) is 10.3. The highest BCUT2D eigenvalue weighted by Crippen LogP contribution is 2.41. The molecular weight excluding hydrogens is 292 g/mol. The summed E-state index contributed by atoms with van der Waals surface area (Å²) >= 11 is 0. The number of carbonyl (C=O) groups is 2. The Bertz CT molecular complexity index is 422. The van der Waals surface area contributed by atoms with Crippen LogP contribution in [0, 0.1) is 0 Å². The van der Waals surface area contributed by atoms with Crippen LogP contribution in [0.1, 0.15) is 46.0 Å². The Labute approximate surface area is 129 Å². The minimum Gasteiger partial charge on any atom is -0.464 e. The van der Waals surface area contributed by atoms with Crippen LogP contribution in [0.2, 0.25) is 0 Å². The summed E-state index contributed by atoms with van der Waals surface area (Å²) in [4.78, 5) is 22.3. The number of hydrogen-bond acceptors (Lipinski definition) is 7. The van der Waals surface area contributed by atoms with Gasteiger partial charge in [-0.3, -0.25) is 0 Å². The summed E-state index contributed by atoms with van der Waals surface area (Å²) in [6.07, 6.45) is 0.230. The van der Waals surface area contributed by atoms with Crippen LogP contribution in [0.15, 0.2) is 0 Å². The van der Waals surface area contributed by atoms with Crippen LogP contribution in [0.5, 0.6) is 0 Å². The number of carbonyl (C=O) groups excluding carboxylic acids is 2. The number of esters is 1. The van der Waals surface area contributed by atoms with E-state index in [1.807, 2.05) is 0 Å². The molecule has 2 aliphatic rings. The predicted molar refractivity (Wildman–Crippen MR) is 74.9 cm³/mol. The van der Waals surface area contributed by atoms with Gasteiger partial charge in [0.25, 0.3) is 0 Å². The van der Waals surface area contributed by atoms with E-state index in [2.05, 4.69) is 0 Å². The summed E-state index contributed by atoms with van der Waals surface area (Å²) in [6.45, 7) is 3.59. The number of fused-ring (bicyclic) bond motifs is 1. The van der Waals surface area contributed by atoms with Crippen molar-refractivity contribution in [3.63, 3.8) is 0 Å². The van der Waals surface area contributed by atoms with Crippen LogP contribution in [0.25, 0.3) is 0 Å². The smallest absolute Gasteiger partial charge is 0.338 e. The van der Waals surface area contributed by atoms with Gasteiger partial charge in [-0.05, 0) is 26.7 Å². The second-order valence-corrected chi connectivity index (χ2v) is 6.44. The average molecular weight is 316 g/mol. The molecule has 7 nitrogen and oxygen atoms in total. The molecule has 0 aromatic rings. The fourth-order valence-electron chi connectivity index (χ4n) is 3.02. The van der Waals surface area contributed by atoms with E-state index in [0.29, 0.717) is 19.3 Å². The largest absolute Gasteiger partial charge is 0.464 e. The maximum Gasteiger partial charge on any atom is 0.338 e. The highest BCUT2D eigenvalue weighted by molar-refractivity contribution is 5.79. The molecule has 1 aliphatic carbocycles. The van der Waals surface area contributed by atoms with Gasteiger partial charge in [0.1, 0.15) is 12.4 Å². The summed E-state index contributed by atoms with van der Waals surface area (Å²) in [5.74, 6) is -1.61. The molecule has 4 atom stereocenters. The van der Waals surface area contributed by atoms with Gasteiger partial charge in [-0.15, -0.1) is 0 Å². The Balaban J connectivity index is 1.90. The lowest BCUT2D eigenvalue weighted by Gasteiger charge is -2.37. The maximum atomic E-state index is 12.1. The Morgan fingerprint density at radius 2 is 2.05 bits per heavy atom. The zero-order chi connectivity index (χ0) is 16.4. The summed E-state index contributed by atoms with van der Waals surface area (Å²) in [5.41, 5.74) is -1.77. The third-order valence-corrected chi connectivity index (χ3v) is 4.02. The highest BCUT2D eigenvalue weighted by Gasteiger charge is 2.56. The van der Waals surface area contributed by atoms with E-state index in [9.17, 15) is 19.8 Å². The normalized spacial score (nSPS) is 36.6. The van der Waals surface area contributed by atoms with Crippen molar-refractivity contribution in [1.29, 1.82) is 0 Å². The van der Waals surface area contributed by atoms with Gasteiger partial charge >= 0.3 is 5.97 Å². The molecule has 2 N–H and O–H groups in total. The van der Waals surface area contributed by atoms with Crippen molar-refractivity contribution < 1.29 is 34.0 Å². The number of unbranched alkanes of at least 4 members (excludes halogenated alkanes) is 2. The molecule has 0 bridgehead atoms. The van der Waals surface area contributed by atoms with Crippen molar-refractivity contribution in [2.24, 2.45) is 0 Å². The monoisotopic (exact) mass is 316 g/mol. The van der Waals surface area contributed by atoms with Crippen LogP contribution in [0.3, 0.4) is 0 Å². The Morgan fingerprint density at radius 3 is 2.73 bits per heavy atom. The molecule has 22 heavy (non-hydrogen) atoms. The third-order valence-electron chi connectivity index (χ3n) is 4.02. The summed E-state index contributed by atoms with van der Waals surface area (Å²) in [6, 6.07) is 0. The lowest BCUT2D eigenvalue weighted by Crippen LogP contribution is -2.55. The summed E-state index contributed by atoms with van der Waals surface area (Å²) in [5, 5.41) is 20.6. The van der Waals surface area contributed by atoms with Crippen molar-refractivity contribution in [3.05, 3.63) is 0 Å². The fourth-order valence-corrected chi connectivity index (χ4v) is 3.02. The SMILES string of the molecule is CC1(C)O[C@H]2[C@H](O)C[C@](O)(C(=O)OCCCCC=O)C[C@H]2O1. The Morgan fingerprint density at radius 1 is 1.32 bits per heavy atom. The first kappa shape index (κ1) is 17.3. The topological polar surface area (TPSA) is 102 Å². The lowest BCUT2D eigenvalue weighted by molar-refractivity contribution is -0.182. The van der Waals surface area contributed by atoms with Crippen LogP contribution in [-0.4, -0.2) is 58.8 Å². The van der Waals surface area contributed by atoms with Crippen molar-refractivity contribution in [2.75, 3.05) is 6.61 Å². The first-order valence-electron chi connectivity index (χ1n) is 7.64. The van der Waals surface area contributed by atoms with Crippen LogP contribution >= 0.6 is 0 Å².